The van der Waals surface area contributed by atoms with Crippen LogP contribution in [0.15, 0.2) is 72.2 Å². The predicted molar refractivity (Wildman–Crippen MR) is 98.4 cm³/mol. The minimum atomic E-state index is -0.694. The Labute approximate surface area is 145 Å². The first kappa shape index (κ1) is 16.0. The quantitative estimate of drug-likeness (QED) is 0.725. The van der Waals surface area contributed by atoms with Crippen LogP contribution in [-0.4, -0.2) is 15.7 Å². The number of aliphatic imine (C=N–C) groups is 1. The molecule has 0 saturated carbocycles. The van der Waals surface area contributed by atoms with Crippen molar-refractivity contribution in [1.29, 1.82) is 0 Å². The van der Waals surface area contributed by atoms with Gasteiger partial charge in [-0.15, -0.1) is 6.58 Å². The monoisotopic (exact) mass is 341 g/mol. The molecule has 1 amide bonds. The Morgan fingerprint density at radius 2 is 1.83 bits per heavy atom. The van der Waals surface area contributed by atoms with Gasteiger partial charge in [0.1, 0.15) is 9.79 Å². The number of carbonyl (C=O) groups is 1. The first-order valence-electron chi connectivity index (χ1n) is 7.30. The number of amides is 1. The molecule has 0 aromatic heterocycles. The first-order chi connectivity index (χ1) is 11.0. The lowest BCUT2D eigenvalue weighted by molar-refractivity contribution is -0.119. The summed E-state index contributed by atoms with van der Waals surface area (Å²) in [7, 11) is 0. The number of hydrogen-bond acceptors (Lipinski definition) is 2. The Hall–Kier alpha value is -1.84. The van der Waals surface area contributed by atoms with E-state index in [2.05, 4.69) is 11.6 Å². The Bertz CT molecular complexity index is 770. The van der Waals surface area contributed by atoms with Crippen molar-refractivity contribution in [2.45, 2.75) is 17.6 Å². The molecule has 0 N–H and O–H groups in total. The molecule has 0 spiro atoms. The molecule has 0 aliphatic carbocycles. The summed E-state index contributed by atoms with van der Waals surface area (Å²) in [5, 5.41) is 1.44. The van der Waals surface area contributed by atoms with E-state index in [1.165, 1.54) is 11.8 Å². The highest BCUT2D eigenvalue weighted by molar-refractivity contribution is 8.16. The molecule has 2 aromatic carbocycles. The molecule has 2 aromatic rings. The van der Waals surface area contributed by atoms with Crippen LogP contribution in [0.1, 0.15) is 24.0 Å². The van der Waals surface area contributed by atoms with Gasteiger partial charge in [0, 0.05) is 16.5 Å². The average Bonchev–Trinajstić information content (AvgIpc) is 2.87. The summed E-state index contributed by atoms with van der Waals surface area (Å²) in [5.41, 5.74) is 1.98. The molecule has 3 rings (SSSR count). The fraction of sp³-hybridized carbons (Fsp3) is 0.158. The molecular formula is C19H16ClNOS. The summed E-state index contributed by atoms with van der Waals surface area (Å²) in [6.45, 7) is 5.86. The van der Waals surface area contributed by atoms with E-state index >= 15 is 0 Å². The third kappa shape index (κ3) is 2.99. The van der Waals surface area contributed by atoms with E-state index in [1.54, 1.807) is 0 Å². The van der Waals surface area contributed by atoms with E-state index in [1.807, 2.05) is 67.6 Å². The molecule has 2 atom stereocenters. The minimum absolute atomic E-state index is 0.124. The molecule has 23 heavy (non-hydrogen) atoms. The van der Waals surface area contributed by atoms with Crippen molar-refractivity contribution < 1.29 is 4.79 Å². The Morgan fingerprint density at radius 1 is 1.17 bits per heavy atom. The van der Waals surface area contributed by atoms with Gasteiger partial charge in [0.25, 0.3) is 5.91 Å². The van der Waals surface area contributed by atoms with Crippen LogP contribution >= 0.6 is 23.4 Å². The largest absolute Gasteiger partial charge is 0.271 e. The maximum atomic E-state index is 12.6. The van der Waals surface area contributed by atoms with Crippen LogP contribution in [0.5, 0.6) is 0 Å². The van der Waals surface area contributed by atoms with Crippen molar-refractivity contribution in [2.24, 2.45) is 4.99 Å². The second-order valence-electron chi connectivity index (χ2n) is 5.56. The van der Waals surface area contributed by atoms with Crippen molar-refractivity contribution >= 4 is 34.3 Å². The molecule has 0 saturated heterocycles. The van der Waals surface area contributed by atoms with Crippen LogP contribution in [-0.2, 0) is 4.79 Å². The standard InChI is InChI=1S/C19H16ClNOS/c1-3-16(13-9-11-15(20)12-10-13)19(2)18(22)21-17(23-19)14-7-5-4-6-8-14/h3-12,16H,1H2,2H3/t16-,19-/m1/s1. The predicted octanol–water partition coefficient (Wildman–Crippen LogP) is 5.09. The lowest BCUT2D eigenvalue weighted by atomic mass is 9.86. The molecule has 2 nitrogen and oxygen atoms in total. The third-order valence-electron chi connectivity index (χ3n) is 4.02. The summed E-state index contributed by atoms with van der Waals surface area (Å²) >= 11 is 7.47. The van der Waals surface area contributed by atoms with E-state index in [0.717, 1.165) is 16.2 Å². The molecule has 4 heteroatoms. The minimum Gasteiger partial charge on any atom is -0.271 e. The summed E-state index contributed by atoms with van der Waals surface area (Å²) in [4.78, 5) is 16.9. The van der Waals surface area contributed by atoms with Crippen LogP contribution < -0.4 is 0 Å². The lowest BCUT2D eigenvalue weighted by Gasteiger charge is -2.29. The maximum Gasteiger partial charge on any atom is 0.264 e. The topological polar surface area (TPSA) is 29.4 Å². The first-order valence-corrected chi connectivity index (χ1v) is 8.49. The van der Waals surface area contributed by atoms with E-state index in [-0.39, 0.29) is 11.8 Å². The van der Waals surface area contributed by atoms with Crippen LogP contribution in [0.4, 0.5) is 0 Å². The molecule has 0 bridgehead atoms. The zero-order valence-electron chi connectivity index (χ0n) is 12.7. The molecule has 0 radical (unpaired) electrons. The highest BCUT2D eigenvalue weighted by Gasteiger charge is 2.47. The lowest BCUT2D eigenvalue weighted by Crippen LogP contribution is -2.34. The van der Waals surface area contributed by atoms with Gasteiger partial charge in [-0.25, -0.2) is 4.99 Å². The van der Waals surface area contributed by atoms with E-state index in [4.69, 9.17) is 11.6 Å². The number of allylic oxidation sites excluding steroid dienone is 1. The van der Waals surface area contributed by atoms with Gasteiger partial charge in [-0.3, -0.25) is 4.79 Å². The number of hydrogen-bond donors (Lipinski definition) is 0. The number of rotatable bonds is 4. The van der Waals surface area contributed by atoms with Gasteiger partial charge in [-0.1, -0.05) is 71.9 Å². The highest BCUT2D eigenvalue weighted by Crippen LogP contribution is 2.46. The third-order valence-corrected chi connectivity index (χ3v) is 5.64. The fourth-order valence-corrected chi connectivity index (χ4v) is 4.12. The number of thioether (sulfide) groups is 1. The van der Waals surface area contributed by atoms with E-state index < -0.39 is 4.75 Å². The van der Waals surface area contributed by atoms with E-state index in [9.17, 15) is 4.79 Å². The average molecular weight is 342 g/mol. The summed E-state index contributed by atoms with van der Waals surface area (Å²) in [5.74, 6) is -0.261. The second kappa shape index (κ2) is 6.34. The van der Waals surface area contributed by atoms with Gasteiger partial charge in [0.05, 0.1) is 0 Å². The molecule has 1 heterocycles. The Morgan fingerprint density at radius 3 is 2.43 bits per heavy atom. The van der Waals surface area contributed by atoms with Crippen molar-refractivity contribution in [1.82, 2.24) is 0 Å². The van der Waals surface area contributed by atoms with Crippen molar-refractivity contribution in [2.75, 3.05) is 0 Å². The summed E-state index contributed by atoms with van der Waals surface area (Å²) in [6.07, 6.45) is 1.82. The van der Waals surface area contributed by atoms with Gasteiger partial charge >= 0.3 is 0 Å². The SMILES string of the molecule is C=C[C@H](c1ccc(Cl)cc1)[C@@]1(C)SC(c2ccccc2)=NC1=O. The van der Waals surface area contributed by atoms with Crippen LogP contribution in [0.3, 0.4) is 0 Å². The molecule has 1 aliphatic rings. The van der Waals surface area contributed by atoms with E-state index in [0.29, 0.717) is 5.02 Å². The van der Waals surface area contributed by atoms with Crippen molar-refractivity contribution in [3.8, 4) is 0 Å². The van der Waals surface area contributed by atoms with Gasteiger partial charge < -0.3 is 0 Å². The smallest absolute Gasteiger partial charge is 0.264 e. The number of carbonyl (C=O) groups excluding carboxylic acids is 1. The maximum absolute atomic E-state index is 12.6. The number of halogens is 1. The van der Waals surface area contributed by atoms with Gasteiger partial charge in [-0.05, 0) is 24.6 Å². The van der Waals surface area contributed by atoms with Gasteiger partial charge in [0.2, 0.25) is 0 Å². The molecule has 1 aliphatic heterocycles. The number of benzene rings is 2. The highest BCUT2D eigenvalue weighted by atomic mass is 35.5. The molecule has 0 fully saturated rings. The second-order valence-corrected chi connectivity index (χ2v) is 7.44. The summed E-state index contributed by atoms with van der Waals surface area (Å²) in [6, 6.07) is 17.3. The Balaban J connectivity index is 1.94. The van der Waals surface area contributed by atoms with Crippen LogP contribution in [0.25, 0.3) is 0 Å². The van der Waals surface area contributed by atoms with Crippen molar-refractivity contribution in [3.63, 3.8) is 0 Å². The van der Waals surface area contributed by atoms with Gasteiger partial charge in [-0.2, -0.15) is 0 Å². The van der Waals surface area contributed by atoms with Crippen LogP contribution in [0.2, 0.25) is 5.02 Å². The number of nitrogens with zero attached hydrogens (tertiary/aromatic N) is 1. The van der Waals surface area contributed by atoms with Gasteiger partial charge in [0.15, 0.2) is 0 Å². The Kier molecular flexibility index (Phi) is 4.42. The van der Waals surface area contributed by atoms with Crippen molar-refractivity contribution in [3.05, 3.63) is 83.4 Å². The fourth-order valence-electron chi connectivity index (χ4n) is 2.72. The van der Waals surface area contributed by atoms with Crippen LogP contribution in [0, 0.1) is 0 Å². The normalized spacial score (nSPS) is 21.8. The molecule has 0 unspecified atom stereocenters. The zero-order chi connectivity index (χ0) is 16.4. The summed E-state index contributed by atoms with van der Waals surface area (Å²) < 4.78 is -0.694. The zero-order valence-corrected chi connectivity index (χ0v) is 14.3. The molecule has 116 valence electrons. The molecular weight excluding hydrogens is 326 g/mol.